The van der Waals surface area contributed by atoms with E-state index in [2.05, 4.69) is 10.3 Å². The van der Waals surface area contributed by atoms with Gasteiger partial charge in [0.2, 0.25) is 5.89 Å². The number of halogens is 2. The van der Waals surface area contributed by atoms with Crippen LogP contribution in [0.15, 0.2) is 65.1 Å². The van der Waals surface area contributed by atoms with Crippen molar-refractivity contribution in [1.29, 1.82) is 0 Å². The molecule has 0 unspecified atom stereocenters. The van der Waals surface area contributed by atoms with Gasteiger partial charge in [-0.2, -0.15) is 0 Å². The average Bonchev–Trinajstić information content (AvgIpc) is 3.12. The van der Waals surface area contributed by atoms with Gasteiger partial charge in [0, 0.05) is 21.8 Å². The smallest absolute Gasteiger partial charge is 0.255 e. The summed E-state index contributed by atoms with van der Waals surface area (Å²) in [4.78, 5) is 17.1. The molecule has 1 amide bonds. The van der Waals surface area contributed by atoms with Gasteiger partial charge < -0.3 is 14.5 Å². The van der Waals surface area contributed by atoms with Crippen LogP contribution in [0.2, 0.25) is 10.0 Å². The SMILES string of the molecule is CC(C)Oc1cccc(C(=O)Nc2cccc(-c3nc4cc(Cl)cc(Cl)c4o3)c2)c1. The minimum Gasteiger partial charge on any atom is -0.491 e. The number of ether oxygens (including phenoxy) is 1. The van der Waals surface area contributed by atoms with Gasteiger partial charge in [-0.05, 0) is 62.4 Å². The van der Waals surface area contributed by atoms with Crippen LogP contribution in [-0.2, 0) is 0 Å². The van der Waals surface area contributed by atoms with Crippen LogP contribution >= 0.6 is 23.2 Å². The Morgan fingerprint density at radius 1 is 1.07 bits per heavy atom. The molecule has 5 nitrogen and oxygen atoms in total. The molecular weight excluding hydrogens is 423 g/mol. The molecule has 0 saturated heterocycles. The topological polar surface area (TPSA) is 64.4 Å². The van der Waals surface area contributed by atoms with Crippen molar-refractivity contribution in [2.24, 2.45) is 0 Å². The van der Waals surface area contributed by atoms with Crippen LogP contribution in [0, 0.1) is 0 Å². The number of rotatable bonds is 5. The van der Waals surface area contributed by atoms with Crippen molar-refractivity contribution in [1.82, 2.24) is 4.98 Å². The zero-order valence-corrected chi connectivity index (χ0v) is 17.8. The first-order chi connectivity index (χ1) is 14.4. The molecule has 1 N–H and O–H groups in total. The number of nitrogens with zero attached hydrogens (tertiary/aromatic N) is 1. The second-order valence-corrected chi connectivity index (χ2v) is 7.83. The molecule has 3 aromatic carbocycles. The van der Waals surface area contributed by atoms with Crippen molar-refractivity contribution in [2.75, 3.05) is 5.32 Å². The molecule has 0 aliphatic heterocycles. The van der Waals surface area contributed by atoms with Gasteiger partial charge in [0.25, 0.3) is 5.91 Å². The monoisotopic (exact) mass is 440 g/mol. The number of aromatic nitrogens is 1. The maximum atomic E-state index is 12.7. The summed E-state index contributed by atoms with van der Waals surface area (Å²) in [5.74, 6) is 0.791. The van der Waals surface area contributed by atoms with Crippen LogP contribution in [0.5, 0.6) is 5.75 Å². The maximum absolute atomic E-state index is 12.7. The lowest BCUT2D eigenvalue weighted by Crippen LogP contribution is -2.12. The molecule has 0 spiro atoms. The van der Waals surface area contributed by atoms with Crippen LogP contribution in [0.4, 0.5) is 5.69 Å². The van der Waals surface area contributed by atoms with Crippen LogP contribution in [0.3, 0.4) is 0 Å². The standard InChI is InChI=1S/C23H18Cl2N2O3/c1-13(2)29-18-8-4-5-14(10-18)22(28)26-17-7-3-6-15(9-17)23-27-20-12-16(24)11-19(25)21(20)30-23/h3-13H,1-2H3,(H,26,28). The number of nitrogens with one attached hydrogen (secondary N) is 1. The molecule has 4 aromatic rings. The maximum Gasteiger partial charge on any atom is 0.255 e. The van der Waals surface area contributed by atoms with E-state index < -0.39 is 0 Å². The molecule has 0 radical (unpaired) electrons. The first kappa shape index (κ1) is 20.3. The third kappa shape index (κ3) is 4.42. The Hall–Kier alpha value is -3.02. The molecule has 7 heteroatoms. The summed E-state index contributed by atoms with van der Waals surface area (Å²) in [7, 11) is 0. The van der Waals surface area contributed by atoms with Crippen LogP contribution in [-0.4, -0.2) is 17.0 Å². The number of benzene rings is 3. The molecule has 0 fully saturated rings. The van der Waals surface area contributed by atoms with Gasteiger partial charge in [-0.25, -0.2) is 4.98 Å². The Kier molecular flexibility index (Phi) is 5.66. The first-order valence-electron chi connectivity index (χ1n) is 9.33. The lowest BCUT2D eigenvalue weighted by molar-refractivity contribution is 0.102. The second kappa shape index (κ2) is 8.38. The zero-order valence-electron chi connectivity index (χ0n) is 16.3. The van der Waals surface area contributed by atoms with E-state index >= 15 is 0 Å². The lowest BCUT2D eigenvalue weighted by Gasteiger charge is -2.11. The number of carbonyl (C=O) groups excluding carboxylic acids is 1. The molecule has 0 atom stereocenters. The molecular formula is C23H18Cl2N2O3. The normalized spacial score (nSPS) is 11.1. The van der Waals surface area contributed by atoms with Crippen LogP contribution in [0.25, 0.3) is 22.6 Å². The number of oxazole rings is 1. The molecule has 1 heterocycles. The van der Waals surface area contributed by atoms with Crippen LogP contribution < -0.4 is 10.1 Å². The highest BCUT2D eigenvalue weighted by atomic mass is 35.5. The average molecular weight is 441 g/mol. The summed E-state index contributed by atoms with van der Waals surface area (Å²) in [6.45, 7) is 3.87. The number of amides is 1. The Labute approximate surface area is 183 Å². The van der Waals surface area contributed by atoms with E-state index in [-0.39, 0.29) is 12.0 Å². The number of carbonyl (C=O) groups is 1. The minimum absolute atomic E-state index is 0.0275. The predicted octanol–water partition coefficient (Wildman–Crippen LogP) is 6.84. The molecule has 0 bridgehead atoms. The highest BCUT2D eigenvalue weighted by Gasteiger charge is 2.14. The van der Waals surface area contributed by atoms with Gasteiger partial charge in [-0.15, -0.1) is 0 Å². The molecule has 0 aliphatic carbocycles. The second-order valence-electron chi connectivity index (χ2n) is 6.98. The molecule has 152 valence electrons. The molecule has 0 aliphatic rings. The van der Waals surface area contributed by atoms with Gasteiger partial charge >= 0.3 is 0 Å². The van der Waals surface area contributed by atoms with E-state index in [1.165, 1.54) is 0 Å². The summed E-state index contributed by atoms with van der Waals surface area (Å²) in [5, 5.41) is 3.77. The highest BCUT2D eigenvalue weighted by molar-refractivity contribution is 6.38. The third-order valence-corrected chi connectivity index (χ3v) is 4.74. The molecule has 0 saturated carbocycles. The highest BCUT2D eigenvalue weighted by Crippen LogP contribution is 2.32. The van der Waals surface area contributed by atoms with E-state index in [0.29, 0.717) is 49.6 Å². The third-order valence-electron chi connectivity index (χ3n) is 4.24. The minimum atomic E-state index is -0.242. The van der Waals surface area contributed by atoms with E-state index in [1.54, 1.807) is 42.5 Å². The van der Waals surface area contributed by atoms with Gasteiger partial charge in [-0.1, -0.05) is 35.3 Å². The summed E-state index contributed by atoms with van der Waals surface area (Å²) < 4.78 is 11.5. The van der Waals surface area contributed by atoms with E-state index in [4.69, 9.17) is 32.4 Å². The molecule has 30 heavy (non-hydrogen) atoms. The number of hydrogen-bond donors (Lipinski definition) is 1. The fourth-order valence-electron chi connectivity index (χ4n) is 3.00. The quantitative estimate of drug-likeness (QED) is 0.368. The predicted molar refractivity (Wildman–Crippen MR) is 120 cm³/mol. The van der Waals surface area contributed by atoms with Gasteiger partial charge in [0.05, 0.1) is 11.1 Å². The summed E-state index contributed by atoms with van der Waals surface area (Å²) in [6, 6.07) is 17.6. The fraction of sp³-hybridized carbons (Fsp3) is 0.130. The van der Waals surface area contributed by atoms with Crippen LogP contribution in [0.1, 0.15) is 24.2 Å². The van der Waals surface area contributed by atoms with Crippen molar-refractivity contribution in [2.45, 2.75) is 20.0 Å². The summed E-state index contributed by atoms with van der Waals surface area (Å²) in [5.41, 5.74) is 2.85. The van der Waals surface area contributed by atoms with Crippen molar-refractivity contribution < 1.29 is 13.9 Å². The summed E-state index contributed by atoms with van der Waals surface area (Å²) in [6.07, 6.45) is 0.0275. The van der Waals surface area contributed by atoms with Crippen molar-refractivity contribution in [3.63, 3.8) is 0 Å². The van der Waals surface area contributed by atoms with Gasteiger partial charge in [0.1, 0.15) is 11.3 Å². The summed E-state index contributed by atoms with van der Waals surface area (Å²) >= 11 is 12.2. The van der Waals surface area contributed by atoms with Gasteiger partial charge in [0.15, 0.2) is 5.58 Å². The number of fused-ring (bicyclic) bond motifs is 1. The van der Waals surface area contributed by atoms with Crippen molar-refractivity contribution in [3.05, 3.63) is 76.3 Å². The Balaban J connectivity index is 1.58. The zero-order chi connectivity index (χ0) is 21.3. The van der Waals surface area contributed by atoms with E-state index in [1.807, 2.05) is 32.0 Å². The Bertz CT molecular complexity index is 1230. The van der Waals surface area contributed by atoms with E-state index in [9.17, 15) is 4.79 Å². The Morgan fingerprint density at radius 3 is 2.67 bits per heavy atom. The van der Waals surface area contributed by atoms with Crippen molar-refractivity contribution in [3.8, 4) is 17.2 Å². The number of anilines is 1. The largest absolute Gasteiger partial charge is 0.491 e. The molecule has 1 aromatic heterocycles. The molecule has 4 rings (SSSR count). The first-order valence-corrected chi connectivity index (χ1v) is 10.1. The number of hydrogen-bond acceptors (Lipinski definition) is 4. The fourth-order valence-corrected chi connectivity index (χ4v) is 3.52. The van der Waals surface area contributed by atoms with E-state index in [0.717, 1.165) is 0 Å². The van der Waals surface area contributed by atoms with Gasteiger partial charge in [-0.3, -0.25) is 4.79 Å². The van der Waals surface area contributed by atoms with Crippen molar-refractivity contribution >= 4 is 45.9 Å². The Morgan fingerprint density at radius 2 is 1.87 bits per heavy atom. The lowest BCUT2D eigenvalue weighted by atomic mass is 10.1.